The van der Waals surface area contributed by atoms with Crippen LogP contribution in [0.4, 0.5) is 10.1 Å². The van der Waals surface area contributed by atoms with Gasteiger partial charge in [0.05, 0.1) is 22.6 Å². The van der Waals surface area contributed by atoms with Crippen LogP contribution in [0.25, 0.3) is 50.2 Å². The number of aromatic amines is 2. The maximum absolute atomic E-state index is 14.1. The van der Waals surface area contributed by atoms with E-state index in [1.807, 2.05) is 62.3 Å². The van der Waals surface area contributed by atoms with Crippen LogP contribution in [0.5, 0.6) is 0 Å². The quantitative estimate of drug-likeness (QED) is 0.136. The molecule has 5 N–H and O–H groups in total. The Morgan fingerprint density at radius 3 is 2.67 bits per heavy atom. The lowest BCUT2D eigenvalue weighted by Crippen LogP contribution is -2.23. The Hall–Kier alpha value is -5.02. The molecule has 0 saturated heterocycles. The number of nitrogens with two attached hydrogens (primary N) is 1. The zero-order chi connectivity index (χ0) is 28.4. The predicted octanol–water partition coefficient (Wildman–Crippen LogP) is 6.03. The third kappa shape index (κ3) is 5.41. The molecule has 4 aromatic heterocycles. The average molecular weight is 535 g/mol. The standard InChI is InChI=1S/C31H31FN8/c1-6-19(14-23(7-2)35-18(3)17-40(4)5)25-8-9-27-30(37-25)31(39-38-27)28-16-24-26(36-28)10-11-34-29(24)20-12-21(32)15-22(33)13-20/h6-16,35-36H,2-3,17,33H2,1,4-5H3,(H,38,39)/b19-6+,23-14+. The number of pyridine rings is 2. The maximum atomic E-state index is 14.1. The summed E-state index contributed by atoms with van der Waals surface area (Å²) in [5, 5.41) is 11.8. The van der Waals surface area contributed by atoms with Crippen LogP contribution in [0.1, 0.15) is 12.6 Å². The molecule has 0 spiro atoms. The zero-order valence-corrected chi connectivity index (χ0v) is 22.7. The largest absolute Gasteiger partial charge is 0.399 e. The number of halogens is 1. The molecule has 5 aromatic rings. The molecule has 8 nitrogen and oxygen atoms in total. The third-order valence-corrected chi connectivity index (χ3v) is 6.37. The van der Waals surface area contributed by atoms with Crippen LogP contribution in [-0.4, -0.2) is 50.7 Å². The van der Waals surface area contributed by atoms with Crippen molar-refractivity contribution in [1.29, 1.82) is 0 Å². The first kappa shape index (κ1) is 26.6. The number of likely N-dealkylation sites (N-methyl/N-ethyl adjacent to an activating group) is 1. The van der Waals surface area contributed by atoms with Crippen LogP contribution in [-0.2, 0) is 0 Å². The molecule has 0 bridgehead atoms. The van der Waals surface area contributed by atoms with Gasteiger partial charge in [0.1, 0.15) is 17.0 Å². The van der Waals surface area contributed by atoms with E-state index in [0.29, 0.717) is 34.7 Å². The van der Waals surface area contributed by atoms with Crippen molar-refractivity contribution in [3.8, 4) is 22.6 Å². The van der Waals surface area contributed by atoms with Gasteiger partial charge in [0.25, 0.3) is 0 Å². The first-order valence-corrected chi connectivity index (χ1v) is 12.8. The van der Waals surface area contributed by atoms with Gasteiger partial charge in [0.2, 0.25) is 0 Å². The molecular weight excluding hydrogens is 503 g/mol. The topological polar surface area (TPSA) is 112 Å². The van der Waals surface area contributed by atoms with E-state index in [2.05, 4.69) is 38.6 Å². The Labute approximate surface area is 231 Å². The lowest BCUT2D eigenvalue weighted by Gasteiger charge is -2.15. The summed E-state index contributed by atoms with van der Waals surface area (Å²) in [5.74, 6) is -0.412. The molecular formula is C31H31FN8. The molecule has 0 aliphatic carbocycles. The number of rotatable bonds is 9. The number of H-pyrrole nitrogens is 2. The molecule has 9 heteroatoms. The van der Waals surface area contributed by atoms with Gasteiger partial charge in [-0.15, -0.1) is 0 Å². The van der Waals surface area contributed by atoms with Crippen LogP contribution >= 0.6 is 0 Å². The minimum atomic E-state index is -0.412. The van der Waals surface area contributed by atoms with Gasteiger partial charge in [-0.1, -0.05) is 19.2 Å². The van der Waals surface area contributed by atoms with Gasteiger partial charge in [-0.3, -0.25) is 10.1 Å². The average Bonchev–Trinajstić information content (AvgIpc) is 3.53. The fraction of sp³-hybridized carbons (Fsp3) is 0.129. The van der Waals surface area contributed by atoms with Gasteiger partial charge in [-0.25, -0.2) is 9.37 Å². The Morgan fingerprint density at radius 2 is 1.95 bits per heavy atom. The number of allylic oxidation sites excluding steroid dienone is 4. The van der Waals surface area contributed by atoms with Crippen molar-refractivity contribution in [2.45, 2.75) is 6.92 Å². The first-order valence-electron chi connectivity index (χ1n) is 12.8. The molecule has 0 aliphatic rings. The van der Waals surface area contributed by atoms with E-state index in [4.69, 9.17) is 10.7 Å². The number of nitrogens with one attached hydrogen (secondary N) is 3. The minimum Gasteiger partial charge on any atom is -0.399 e. The van der Waals surface area contributed by atoms with Crippen molar-refractivity contribution < 1.29 is 4.39 Å². The summed E-state index contributed by atoms with van der Waals surface area (Å²) in [5.41, 5.74) is 14.6. The number of aromatic nitrogens is 5. The molecule has 0 radical (unpaired) electrons. The van der Waals surface area contributed by atoms with Gasteiger partial charge in [0.15, 0.2) is 0 Å². The van der Waals surface area contributed by atoms with Crippen LogP contribution in [0.2, 0.25) is 0 Å². The van der Waals surface area contributed by atoms with Gasteiger partial charge in [0, 0.05) is 46.3 Å². The Bertz CT molecular complexity index is 1780. The fourth-order valence-corrected chi connectivity index (χ4v) is 4.65. The highest BCUT2D eigenvalue weighted by Crippen LogP contribution is 2.33. The minimum absolute atomic E-state index is 0.338. The van der Waals surface area contributed by atoms with E-state index in [1.165, 1.54) is 12.1 Å². The molecule has 0 amide bonds. The van der Waals surface area contributed by atoms with Crippen molar-refractivity contribution in [2.75, 3.05) is 26.4 Å². The summed E-state index contributed by atoms with van der Waals surface area (Å²) in [6.07, 6.45) is 7.43. The second kappa shape index (κ2) is 11.0. The van der Waals surface area contributed by atoms with Crippen molar-refractivity contribution in [3.05, 3.63) is 103 Å². The number of hydrogen-bond donors (Lipinski definition) is 4. The highest BCUT2D eigenvalue weighted by Gasteiger charge is 2.17. The molecule has 0 saturated carbocycles. The van der Waals surface area contributed by atoms with Gasteiger partial charge >= 0.3 is 0 Å². The van der Waals surface area contributed by atoms with E-state index in [0.717, 1.165) is 44.8 Å². The molecule has 202 valence electrons. The summed E-state index contributed by atoms with van der Waals surface area (Å²) < 4.78 is 14.1. The smallest absolute Gasteiger partial charge is 0.135 e. The number of nitrogen functional groups attached to an aromatic ring is 1. The maximum Gasteiger partial charge on any atom is 0.135 e. The number of benzene rings is 1. The van der Waals surface area contributed by atoms with E-state index < -0.39 is 5.82 Å². The molecule has 0 aliphatic heterocycles. The van der Waals surface area contributed by atoms with Crippen LogP contribution in [0, 0.1) is 5.82 Å². The normalized spacial score (nSPS) is 12.4. The molecule has 4 heterocycles. The summed E-state index contributed by atoms with van der Waals surface area (Å²) >= 11 is 0. The summed E-state index contributed by atoms with van der Waals surface area (Å²) in [7, 11) is 3.98. The second-order valence-electron chi connectivity index (χ2n) is 9.76. The molecule has 0 unspecified atom stereocenters. The SMILES string of the molecule is C=C/C(=C\C(=C/C)c1ccc2[nH]nc(-c3cc4c(-c5cc(N)cc(F)c5)nccc4[nH]3)c2n1)NC(=C)CN(C)C. The van der Waals surface area contributed by atoms with E-state index in [-0.39, 0.29) is 0 Å². The first-order chi connectivity index (χ1) is 19.2. The Kier molecular flexibility index (Phi) is 7.31. The van der Waals surface area contributed by atoms with Crippen molar-refractivity contribution in [1.82, 2.24) is 35.4 Å². The summed E-state index contributed by atoms with van der Waals surface area (Å²) in [4.78, 5) is 14.9. The lowest BCUT2D eigenvalue weighted by atomic mass is 10.1. The van der Waals surface area contributed by atoms with E-state index in [1.54, 1.807) is 18.3 Å². The second-order valence-corrected chi connectivity index (χ2v) is 9.76. The molecule has 40 heavy (non-hydrogen) atoms. The number of anilines is 1. The molecule has 0 atom stereocenters. The lowest BCUT2D eigenvalue weighted by molar-refractivity contribution is 0.438. The number of nitrogens with zero attached hydrogens (tertiary/aromatic N) is 4. The zero-order valence-electron chi connectivity index (χ0n) is 22.7. The monoisotopic (exact) mass is 534 g/mol. The number of fused-ring (bicyclic) bond motifs is 2. The van der Waals surface area contributed by atoms with Gasteiger partial charge < -0.3 is 20.9 Å². The third-order valence-electron chi connectivity index (χ3n) is 6.37. The van der Waals surface area contributed by atoms with E-state index in [9.17, 15) is 4.39 Å². The molecule has 1 aromatic carbocycles. The van der Waals surface area contributed by atoms with Crippen molar-refractivity contribution >= 4 is 33.2 Å². The highest BCUT2D eigenvalue weighted by atomic mass is 19.1. The van der Waals surface area contributed by atoms with Crippen LogP contribution in [0.3, 0.4) is 0 Å². The van der Waals surface area contributed by atoms with Gasteiger partial charge in [-0.05, 0) is 81.2 Å². The summed E-state index contributed by atoms with van der Waals surface area (Å²) in [6.45, 7) is 10.7. The Morgan fingerprint density at radius 1 is 1.12 bits per heavy atom. The predicted molar refractivity (Wildman–Crippen MR) is 162 cm³/mol. The highest BCUT2D eigenvalue weighted by molar-refractivity contribution is 5.99. The fourth-order valence-electron chi connectivity index (χ4n) is 4.65. The van der Waals surface area contributed by atoms with E-state index >= 15 is 0 Å². The van der Waals surface area contributed by atoms with Gasteiger partial charge in [-0.2, -0.15) is 5.10 Å². The molecule has 5 rings (SSSR count). The number of hydrogen-bond acceptors (Lipinski definition) is 6. The van der Waals surface area contributed by atoms with Crippen LogP contribution < -0.4 is 11.1 Å². The summed E-state index contributed by atoms with van der Waals surface area (Å²) in [6, 6.07) is 12.2. The van der Waals surface area contributed by atoms with Crippen molar-refractivity contribution in [2.24, 2.45) is 0 Å². The molecule has 0 fully saturated rings. The Balaban J connectivity index is 1.54. The van der Waals surface area contributed by atoms with Crippen molar-refractivity contribution in [3.63, 3.8) is 0 Å². The van der Waals surface area contributed by atoms with Crippen LogP contribution in [0.15, 0.2) is 91.4 Å².